The van der Waals surface area contributed by atoms with E-state index < -0.39 is 23.8 Å². The molecule has 0 radical (unpaired) electrons. The molecule has 2 aromatic carbocycles. The molecule has 3 amide bonds. The lowest BCUT2D eigenvalue weighted by molar-refractivity contribution is -0.145. The van der Waals surface area contributed by atoms with Crippen LogP contribution >= 0.6 is 0 Å². The van der Waals surface area contributed by atoms with Crippen LogP contribution in [0.4, 0.5) is 4.79 Å². The van der Waals surface area contributed by atoms with Gasteiger partial charge in [-0.2, -0.15) is 0 Å². The molecule has 2 N–H and O–H groups in total. The highest BCUT2D eigenvalue weighted by Gasteiger charge is 2.38. The normalized spacial score (nSPS) is 13.5. The number of ether oxygens (including phenoxy) is 1. The average Bonchev–Trinajstić information content (AvgIpc) is 2.90. The fourth-order valence-electron chi connectivity index (χ4n) is 4.25. The first-order chi connectivity index (χ1) is 18.5. The molecule has 0 aliphatic heterocycles. The van der Waals surface area contributed by atoms with Gasteiger partial charge in [0.2, 0.25) is 11.8 Å². The number of carbonyl (C=O) groups excluding carboxylic acids is 3. The second kappa shape index (κ2) is 15.1. The lowest BCUT2D eigenvalue weighted by Crippen LogP contribution is -2.56. The van der Waals surface area contributed by atoms with E-state index in [4.69, 9.17) is 4.74 Å². The topological polar surface area (TPSA) is 87.7 Å². The van der Waals surface area contributed by atoms with Crippen molar-refractivity contribution in [2.75, 3.05) is 6.54 Å². The number of rotatable bonds is 13. The van der Waals surface area contributed by atoms with Gasteiger partial charge in [-0.3, -0.25) is 9.59 Å². The van der Waals surface area contributed by atoms with Crippen molar-refractivity contribution in [1.29, 1.82) is 0 Å². The van der Waals surface area contributed by atoms with Gasteiger partial charge in [0.1, 0.15) is 17.7 Å². The van der Waals surface area contributed by atoms with Crippen molar-refractivity contribution in [3.8, 4) is 0 Å². The molecule has 0 fully saturated rings. The van der Waals surface area contributed by atoms with E-state index in [0.717, 1.165) is 24.0 Å². The molecule has 0 aromatic heterocycles. The molecule has 212 valence electrons. The number of carbonyl (C=O) groups is 3. The number of nitrogens with one attached hydrogen (secondary N) is 2. The third-order valence-electron chi connectivity index (χ3n) is 6.41. The van der Waals surface area contributed by atoms with Gasteiger partial charge in [-0.1, -0.05) is 81.5 Å². The summed E-state index contributed by atoms with van der Waals surface area (Å²) < 4.78 is 5.50. The third-order valence-corrected chi connectivity index (χ3v) is 6.41. The van der Waals surface area contributed by atoms with E-state index in [1.54, 1.807) is 31.7 Å². The molecule has 3 atom stereocenters. The molecule has 7 nitrogen and oxygen atoms in total. The van der Waals surface area contributed by atoms with Crippen LogP contribution in [0.5, 0.6) is 0 Å². The van der Waals surface area contributed by atoms with Crippen LogP contribution in [0.2, 0.25) is 0 Å². The highest BCUT2D eigenvalue weighted by Crippen LogP contribution is 2.28. The van der Waals surface area contributed by atoms with E-state index in [1.165, 1.54) is 0 Å². The molecule has 0 heterocycles. The van der Waals surface area contributed by atoms with Crippen LogP contribution in [0, 0.1) is 0 Å². The van der Waals surface area contributed by atoms with E-state index >= 15 is 0 Å². The monoisotopic (exact) mass is 535 g/mol. The minimum Gasteiger partial charge on any atom is -0.444 e. The molecule has 0 aliphatic rings. The summed E-state index contributed by atoms with van der Waals surface area (Å²) in [7, 11) is 0. The van der Waals surface area contributed by atoms with Crippen LogP contribution in [0.1, 0.15) is 83.5 Å². The Hall–Kier alpha value is -3.61. The first kappa shape index (κ1) is 31.6. The molecule has 39 heavy (non-hydrogen) atoms. The molecule has 0 spiro atoms. The summed E-state index contributed by atoms with van der Waals surface area (Å²) >= 11 is 0. The zero-order valence-electron chi connectivity index (χ0n) is 24.3. The van der Waals surface area contributed by atoms with E-state index in [9.17, 15) is 14.4 Å². The molecular weight excluding hydrogens is 490 g/mol. The third kappa shape index (κ3) is 9.89. The van der Waals surface area contributed by atoms with E-state index in [0.29, 0.717) is 18.5 Å². The van der Waals surface area contributed by atoms with Crippen LogP contribution in [0.25, 0.3) is 6.08 Å². The first-order valence-electron chi connectivity index (χ1n) is 13.9. The number of nitrogens with zero attached hydrogens (tertiary/aromatic N) is 1. The average molecular weight is 536 g/mol. The van der Waals surface area contributed by atoms with Gasteiger partial charge in [-0.25, -0.2) is 4.79 Å². The van der Waals surface area contributed by atoms with Gasteiger partial charge in [0.15, 0.2) is 0 Å². The number of unbranched alkanes of at least 4 members (excludes halogenated alkanes) is 1. The summed E-state index contributed by atoms with van der Waals surface area (Å²) in [4.78, 5) is 42.6. The predicted octanol–water partition coefficient (Wildman–Crippen LogP) is 6.05. The van der Waals surface area contributed by atoms with Gasteiger partial charge in [0.05, 0.1) is 0 Å². The highest BCUT2D eigenvalue weighted by molar-refractivity contribution is 5.92. The zero-order chi connectivity index (χ0) is 29.0. The van der Waals surface area contributed by atoms with Gasteiger partial charge < -0.3 is 20.3 Å². The Bertz CT molecular complexity index is 1090. The molecule has 7 heteroatoms. The van der Waals surface area contributed by atoms with E-state index in [1.807, 2.05) is 68.4 Å². The van der Waals surface area contributed by atoms with Crippen LogP contribution in [-0.4, -0.2) is 47.0 Å². The maximum absolute atomic E-state index is 14.4. The minimum atomic E-state index is -0.940. The number of amides is 3. The Balaban J connectivity index is 2.57. The Morgan fingerprint density at radius 3 is 2.33 bits per heavy atom. The molecule has 2 rings (SSSR count). The smallest absolute Gasteiger partial charge is 0.408 e. The lowest BCUT2D eigenvalue weighted by Gasteiger charge is -2.38. The van der Waals surface area contributed by atoms with Gasteiger partial charge in [0.25, 0.3) is 0 Å². The number of hydrogen-bond donors (Lipinski definition) is 2. The van der Waals surface area contributed by atoms with E-state index in [2.05, 4.69) is 24.1 Å². The molecule has 3 unspecified atom stereocenters. The molecule has 0 saturated heterocycles. The van der Waals surface area contributed by atoms with Crippen LogP contribution in [-0.2, 0) is 20.7 Å². The summed E-state index contributed by atoms with van der Waals surface area (Å²) in [5.74, 6) is -0.604. The van der Waals surface area contributed by atoms with Crippen LogP contribution in [0.15, 0.2) is 61.2 Å². The summed E-state index contributed by atoms with van der Waals surface area (Å²) in [6, 6.07) is 14.9. The second-order valence-electron chi connectivity index (χ2n) is 10.8. The summed E-state index contributed by atoms with van der Waals surface area (Å²) in [6.07, 6.45) is 3.67. The molecule has 0 bridgehead atoms. The fourth-order valence-corrected chi connectivity index (χ4v) is 4.25. The Morgan fingerprint density at radius 2 is 1.74 bits per heavy atom. The SMILES string of the molecule is C=Cc1cccc(C(C(=O)NCCCC)N(C(=O)C(Cc2ccccc2)NC(=O)OC(C)(C)C)C(C)CC)c1. The number of hydrogen-bond acceptors (Lipinski definition) is 4. The largest absolute Gasteiger partial charge is 0.444 e. The Morgan fingerprint density at radius 1 is 1.05 bits per heavy atom. The fraction of sp³-hybridized carbons (Fsp3) is 0.469. The summed E-state index contributed by atoms with van der Waals surface area (Å²) in [5.41, 5.74) is 1.69. The van der Waals surface area contributed by atoms with Crippen molar-refractivity contribution >= 4 is 24.0 Å². The van der Waals surface area contributed by atoms with Crippen molar-refractivity contribution in [1.82, 2.24) is 15.5 Å². The number of alkyl carbamates (subject to hydrolysis) is 1. The lowest BCUT2D eigenvalue weighted by atomic mass is 9.96. The van der Waals surface area contributed by atoms with Crippen molar-refractivity contribution in [3.63, 3.8) is 0 Å². The molecular formula is C32H45N3O4. The Kier molecular flexibility index (Phi) is 12.2. The van der Waals surface area contributed by atoms with Gasteiger partial charge >= 0.3 is 6.09 Å². The van der Waals surface area contributed by atoms with E-state index in [-0.39, 0.29) is 24.3 Å². The summed E-state index contributed by atoms with van der Waals surface area (Å²) in [5, 5.41) is 5.82. The maximum atomic E-state index is 14.4. The second-order valence-corrected chi connectivity index (χ2v) is 10.8. The standard InChI is InChI=1S/C32H45N3O4/c1-8-11-20-33-29(36)28(26-19-15-18-24(10-3)21-26)35(23(4)9-2)30(37)27(22-25-16-13-12-14-17-25)34-31(38)39-32(5,6)7/h10,12-19,21,23,27-28H,3,8-9,11,20,22H2,1-2,4-7H3,(H,33,36)(H,34,38). The van der Waals surface area contributed by atoms with Gasteiger partial charge in [0, 0.05) is 19.0 Å². The van der Waals surface area contributed by atoms with Gasteiger partial charge in [-0.15, -0.1) is 0 Å². The Labute approximate surface area is 234 Å². The maximum Gasteiger partial charge on any atom is 0.408 e. The van der Waals surface area contributed by atoms with Crippen molar-refractivity contribution in [3.05, 3.63) is 77.9 Å². The van der Waals surface area contributed by atoms with Crippen molar-refractivity contribution < 1.29 is 19.1 Å². The van der Waals surface area contributed by atoms with Crippen molar-refractivity contribution in [2.24, 2.45) is 0 Å². The quantitative estimate of drug-likeness (QED) is 0.306. The molecule has 0 aliphatic carbocycles. The van der Waals surface area contributed by atoms with Crippen LogP contribution in [0.3, 0.4) is 0 Å². The molecule has 2 aromatic rings. The predicted molar refractivity (Wildman–Crippen MR) is 157 cm³/mol. The highest BCUT2D eigenvalue weighted by atomic mass is 16.6. The minimum absolute atomic E-state index is 0.253. The van der Waals surface area contributed by atoms with Gasteiger partial charge in [-0.05, 0) is 63.3 Å². The first-order valence-corrected chi connectivity index (χ1v) is 13.9. The zero-order valence-corrected chi connectivity index (χ0v) is 24.3. The number of benzene rings is 2. The van der Waals surface area contributed by atoms with Crippen LogP contribution < -0.4 is 10.6 Å². The van der Waals surface area contributed by atoms with Crippen molar-refractivity contribution in [2.45, 2.75) is 91.0 Å². The molecule has 0 saturated carbocycles. The summed E-state index contributed by atoms with van der Waals surface area (Å²) in [6.45, 7) is 15.7.